The topological polar surface area (TPSA) is 0 Å². The van der Waals surface area contributed by atoms with E-state index in [1.54, 1.807) is 0 Å². The Kier molecular flexibility index (Phi) is 69.9. The molecule has 0 atom stereocenters. The van der Waals surface area contributed by atoms with Crippen molar-refractivity contribution < 1.29 is 48.1 Å². The molecular weight excluding hydrogens is 197 g/mol. The summed E-state index contributed by atoms with van der Waals surface area (Å²) in [4.78, 5) is 0. The molecule has 0 aliphatic heterocycles. The molecule has 22 valence electrons. The van der Waals surface area contributed by atoms with Gasteiger partial charge in [-0.1, -0.05) is 0 Å². The van der Waals surface area contributed by atoms with E-state index in [0.29, 0.717) is 0 Å². The zero-order valence-corrected chi connectivity index (χ0v) is 7.87. The second-order valence-corrected chi connectivity index (χ2v) is 0. The van der Waals surface area contributed by atoms with E-state index in [9.17, 15) is 0 Å². The molecule has 4 heteroatoms. The van der Waals surface area contributed by atoms with Gasteiger partial charge in [0.05, 0.1) is 0 Å². The van der Waals surface area contributed by atoms with Crippen LogP contribution in [0.3, 0.4) is 0 Å². The van der Waals surface area contributed by atoms with E-state index in [2.05, 4.69) is 15.4 Å². The minimum absolute atomic E-state index is 0. The van der Waals surface area contributed by atoms with Gasteiger partial charge in [-0.15, -0.1) is 0 Å². The van der Waals surface area contributed by atoms with Crippen molar-refractivity contribution in [3.63, 3.8) is 0 Å². The average molecular weight is 202 g/mol. The maximum Gasteiger partial charge on any atom is 0 e. The number of rotatable bonds is 0. The largest absolute Gasteiger partial charge is 0 e. The molecule has 0 rings (SSSR count). The van der Waals surface area contributed by atoms with Crippen LogP contribution < -0.4 is 0 Å². The second kappa shape index (κ2) is 17.5. The summed E-state index contributed by atoms with van der Waals surface area (Å²) in [5.74, 6) is 0. The SMILES string of the molecule is [MgH2].[SiH3][Fe].[Y]. The minimum atomic E-state index is 0. The molecule has 0 saturated carbocycles. The van der Waals surface area contributed by atoms with Crippen LogP contribution >= 0.6 is 0 Å². The molecular formula is H5FeMgSiY. The summed E-state index contributed by atoms with van der Waals surface area (Å²) >= 11 is 3.39. The zero-order valence-electron chi connectivity index (χ0n) is 1.93. The molecule has 0 saturated heterocycles. The van der Waals surface area contributed by atoms with Gasteiger partial charge in [0.15, 0.2) is 0 Å². The fourth-order valence-corrected chi connectivity index (χ4v) is 0. The van der Waals surface area contributed by atoms with Crippen LogP contribution in [0.1, 0.15) is 0 Å². The molecule has 0 bridgehead atoms. The van der Waals surface area contributed by atoms with Crippen molar-refractivity contribution in [1.82, 2.24) is 0 Å². The van der Waals surface area contributed by atoms with E-state index in [1.807, 2.05) is 0 Å². The van der Waals surface area contributed by atoms with Gasteiger partial charge in [0.1, 0.15) is 0 Å². The number of hydrogen-bond donors (Lipinski definition) is 0. The molecule has 0 N–H and O–H groups in total. The molecule has 0 heterocycles. The Hall–Kier alpha value is 2.61. The van der Waals surface area contributed by atoms with Crippen LogP contribution in [0.5, 0.6) is 0 Å². The van der Waals surface area contributed by atoms with Gasteiger partial charge >= 0.3 is 47.3 Å². The molecule has 0 aliphatic carbocycles. The van der Waals surface area contributed by atoms with E-state index in [0.717, 1.165) is 8.85 Å². The van der Waals surface area contributed by atoms with Crippen LogP contribution in [0.2, 0.25) is 0 Å². The Morgan fingerprint density at radius 2 is 1.25 bits per heavy atom. The van der Waals surface area contributed by atoms with Gasteiger partial charge in [-0.05, 0) is 0 Å². The van der Waals surface area contributed by atoms with E-state index in [1.165, 1.54) is 0 Å². The number of hydrogen-bond acceptors (Lipinski definition) is 0. The standard InChI is InChI=1S/Fe.Mg.H3Si.Y.2H/h;;1H3;;;. The van der Waals surface area contributed by atoms with Crippen LogP contribution in [0.25, 0.3) is 0 Å². The van der Waals surface area contributed by atoms with E-state index < -0.39 is 0 Å². The molecule has 0 amide bonds. The van der Waals surface area contributed by atoms with Crippen molar-refractivity contribution in [3.05, 3.63) is 0 Å². The summed E-state index contributed by atoms with van der Waals surface area (Å²) in [5.41, 5.74) is 0. The fourth-order valence-electron chi connectivity index (χ4n) is 0. The van der Waals surface area contributed by atoms with Crippen molar-refractivity contribution in [2.24, 2.45) is 0 Å². The summed E-state index contributed by atoms with van der Waals surface area (Å²) < 4.78 is 0. The quantitative estimate of drug-likeness (QED) is 0.395. The van der Waals surface area contributed by atoms with Gasteiger partial charge in [-0.2, -0.15) is 0 Å². The van der Waals surface area contributed by atoms with E-state index >= 15 is 0 Å². The summed E-state index contributed by atoms with van der Waals surface area (Å²) in [5, 5.41) is 0. The first-order valence-corrected chi connectivity index (χ1v) is 4.37. The third kappa shape index (κ3) is 8.82. The predicted octanol–water partition coefficient (Wildman–Crippen LogP) is -2.11. The summed E-state index contributed by atoms with van der Waals surface area (Å²) in [6.07, 6.45) is 0. The molecule has 0 aromatic carbocycles. The van der Waals surface area contributed by atoms with E-state index in [4.69, 9.17) is 0 Å². The molecule has 4 heavy (non-hydrogen) atoms. The molecule has 1 radical (unpaired) electrons. The Bertz CT molecular complexity index is 8.00. The van der Waals surface area contributed by atoms with Crippen molar-refractivity contribution in [3.8, 4) is 0 Å². The predicted molar refractivity (Wildman–Crippen MR) is 18.5 cm³/mol. The van der Waals surface area contributed by atoms with Gasteiger partial charge in [-0.3, -0.25) is 0 Å². The van der Waals surface area contributed by atoms with E-state index in [-0.39, 0.29) is 55.8 Å². The summed E-state index contributed by atoms with van der Waals surface area (Å²) in [7, 11) is 1.06. The van der Waals surface area contributed by atoms with Crippen LogP contribution in [0, 0.1) is 0 Å². The Balaban J connectivity index is -0.00000000500. The van der Waals surface area contributed by atoms with Gasteiger partial charge in [0, 0.05) is 32.7 Å². The normalized spacial score (nSPS) is 2.25. The Morgan fingerprint density at radius 3 is 1.25 bits per heavy atom. The van der Waals surface area contributed by atoms with Crippen LogP contribution in [-0.2, 0) is 48.1 Å². The molecule has 0 unspecified atom stereocenters. The average Bonchev–Trinajstić information content (AvgIpc) is 1.00. The van der Waals surface area contributed by atoms with Crippen molar-refractivity contribution in [1.29, 1.82) is 0 Å². The van der Waals surface area contributed by atoms with Gasteiger partial charge in [0.2, 0.25) is 0 Å². The molecule has 0 aliphatic rings. The van der Waals surface area contributed by atoms with Gasteiger partial charge in [-0.25, -0.2) is 0 Å². The minimum Gasteiger partial charge on any atom is 0 e. The third-order valence-electron chi connectivity index (χ3n) is 0. The Labute approximate surface area is 78.6 Å². The smallest absolute Gasteiger partial charge is 0 e. The van der Waals surface area contributed by atoms with Crippen LogP contribution in [0.4, 0.5) is 0 Å². The first kappa shape index (κ1) is 16.0. The molecule has 0 spiro atoms. The monoisotopic (exact) mass is 202 g/mol. The van der Waals surface area contributed by atoms with Crippen LogP contribution in [-0.4, -0.2) is 31.9 Å². The third-order valence-corrected chi connectivity index (χ3v) is 0. The van der Waals surface area contributed by atoms with Crippen molar-refractivity contribution >= 4 is 31.9 Å². The first-order chi connectivity index (χ1) is 1.00. The van der Waals surface area contributed by atoms with Gasteiger partial charge in [0.25, 0.3) is 0 Å². The van der Waals surface area contributed by atoms with Crippen molar-refractivity contribution in [2.75, 3.05) is 0 Å². The summed E-state index contributed by atoms with van der Waals surface area (Å²) in [6.45, 7) is 0. The van der Waals surface area contributed by atoms with Crippen LogP contribution in [0.15, 0.2) is 0 Å². The first-order valence-electron chi connectivity index (χ1n) is 0.354. The maximum absolute atomic E-state index is 3.39. The molecule has 0 nitrogen and oxygen atoms in total. The Morgan fingerprint density at radius 1 is 1.25 bits per heavy atom. The molecule has 0 aromatic rings. The van der Waals surface area contributed by atoms with Crippen molar-refractivity contribution in [2.45, 2.75) is 0 Å². The summed E-state index contributed by atoms with van der Waals surface area (Å²) in [6, 6.07) is 0. The zero-order chi connectivity index (χ0) is 2.00. The molecule has 0 fully saturated rings. The molecule has 0 aromatic heterocycles. The fraction of sp³-hybridized carbons (Fsp3) is 0. The second-order valence-electron chi connectivity index (χ2n) is 0. The van der Waals surface area contributed by atoms with Gasteiger partial charge < -0.3 is 0 Å². The maximum atomic E-state index is 3.39.